The number of hydrogen-bond acceptors (Lipinski definition) is 8. The van der Waals surface area contributed by atoms with Crippen LogP contribution in [0.4, 0.5) is 0 Å². The van der Waals surface area contributed by atoms with Gasteiger partial charge < -0.3 is 28.4 Å². The molecule has 3 aliphatic rings. The molecule has 4 aromatic rings. The number of carbonyl (C=O) groups excluding carboxylic acids is 2. The van der Waals surface area contributed by atoms with E-state index in [0.29, 0.717) is 23.5 Å². The Kier molecular flexibility index (Phi) is 7.61. The maximum Gasteiger partial charge on any atom is 0.339 e. The summed E-state index contributed by atoms with van der Waals surface area (Å²) in [5, 5.41) is 1.80. The van der Waals surface area contributed by atoms with E-state index < -0.39 is 12.1 Å². The van der Waals surface area contributed by atoms with Gasteiger partial charge in [-0.25, -0.2) is 4.79 Å². The lowest BCUT2D eigenvalue weighted by atomic mass is 9.75. The molecular weight excluding hydrogens is 536 g/mol. The van der Waals surface area contributed by atoms with Crippen LogP contribution >= 0.6 is 0 Å². The average molecular weight is 569 g/mol. The van der Waals surface area contributed by atoms with Crippen molar-refractivity contribution in [1.29, 1.82) is 0 Å². The Labute approximate surface area is 244 Å². The van der Waals surface area contributed by atoms with E-state index in [0.717, 1.165) is 45.4 Å². The van der Waals surface area contributed by atoms with Crippen molar-refractivity contribution < 1.29 is 38.0 Å². The van der Waals surface area contributed by atoms with Gasteiger partial charge in [-0.2, -0.15) is 0 Å². The van der Waals surface area contributed by atoms with Crippen molar-refractivity contribution in [3.05, 3.63) is 95.1 Å². The third-order valence-electron chi connectivity index (χ3n) is 8.13. The molecule has 1 saturated heterocycles. The molecule has 42 heavy (non-hydrogen) atoms. The molecule has 7 rings (SSSR count). The Balaban J connectivity index is 0.000000223. The van der Waals surface area contributed by atoms with Crippen molar-refractivity contribution in [1.82, 2.24) is 0 Å². The molecule has 0 bridgehead atoms. The molecule has 8 heteroatoms. The smallest absolute Gasteiger partial charge is 0.339 e. The largest absolute Gasteiger partial charge is 0.496 e. The lowest BCUT2D eigenvalue weighted by Gasteiger charge is -2.32. The van der Waals surface area contributed by atoms with Crippen LogP contribution in [0.1, 0.15) is 40.1 Å². The summed E-state index contributed by atoms with van der Waals surface area (Å²) in [6.45, 7) is 2.48. The molecular formula is C34H32O8. The second-order valence-electron chi connectivity index (χ2n) is 10.4. The van der Waals surface area contributed by atoms with E-state index in [1.165, 1.54) is 0 Å². The summed E-state index contributed by atoms with van der Waals surface area (Å²) < 4.78 is 32.8. The molecule has 0 aromatic heterocycles. The second kappa shape index (κ2) is 11.6. The molecule has 2 aliphatic heterocycles. The van der Waals surface area contributed by atoms with Crippen molar-refractivity contribution in [3.63, 3.8) is 0 Å². The van der Waals surface area contributed by atoms with Crippen LogP contribution < -0.4 is 18.9 Å². The van der Waals surface area contributed by atoms with Crippen LogP contribution in [0, 0.1) is 11.8 Å². The summed E-state index contributed by atoms with van der Waals surface area (Å²) in [6, 6.07) is 22.8. The van der Waals surface area contributed by atoms with Crippen molar-refractivity contribution in [2.45, 2.75) is 25.9 Å². The summed E-state index contributed by atoms with van der Waals surface area (Å²) in [7, 11) is 3.35. The van der Waals surface area contributed by atoms with Crippen LogP contribution in [-0.4, -0.2) is 39.6 Å². The molecule has 1 aliphatic carbocycles. The van der Waals surface area contributed by atoms with E-state index in [1.807, 2.05) is 66.7 Å². The second-order valence-corrected chi connectivity index (χ2v) is 10.4. The van der Waals surface area contributed by atoms with Crippen LogP contribution in [0.5, 0.6) is 23.0 Å². The van der Waals surface area contributed by atoms with Crippen LogP contribution in [0.25, 0.3) is 10.8 Å². The number of carbonyl (C=O) groups is 2. The third kappa shape index (κ3) is 4.98. The molecule has 0 spiro atoms. The van der Waals surface area contributed by atoms with Crippen LogP contribution in [-0.2, 0) is 27.1 Å². The molecule has 2 unspecified atom stereocenters. The number of cyclic esters (lactones) is 1. The standard InChI is InChI=1S/C24H18O6.C10H14O2/c25-23-18-8-14-9-20-21(29-12-28-20)10-17(14)22(19(18)11-27-23)30-24(26)16-7-3-5-13-4-1-2-6-15(13)16;1-4-8-9(11-2)6-5-7-10(8)12-3/h1-7,9-10,18-19,22H,8,11-12H2;5-7H,4H2,1-3H3/t18-,19?,22?;/m1./s1. The van der Waals surface area contributed by atoms with E-state index >= 15 is 0 Å². The summed E-state index contributed by atoms with van der Waals surface area (Å²) in [5.41, 5.74) is 3.41. The normalized spacial score (nSPS) is 19.6. The summed E-state index contributed by atoms with van der Waals surface area (Å²) in [6.07, 6.45) is 0.872. The van der Waals surface area contributed by atoms with Crippen LogP contribution in [0.15, 0.2) is 72.8 Å². The lowest BCUT2D eigenvalue weighted by molar-refractivity contribution is -0.141. The minimum absolute atomic E-state index is 0.160. The van der Waals surface area contributed by atoms with E-state index in [4.69, 9.17) is 28.4 Å². The van der Waals surface area contributed by atoms with Crippen LogP contribution in [0.2, 0.25) is 0 Å². The maximum absolute atomic E-state index is 13.2. The van der Waals surface area contributed by atoms with Crippen molar-refractivity contribution in [2.75, 3.05) is 27.6 Å². The van der Waals surface area contributed by atoms with Gasteiger partial charge in [-0.1, -0.05) is 49.4 Å². The van der Waals surface area contributed by atoms with Gasteiger partial charge in [-0.15, -0.1) is 0 Å². The number of rotatable bonds is 5. The van der Waals surface area contributed by atoms with E-state index in [2.05, 4.69) is 6.92 Å². The van der Waals surface area contributed by atoms with E-state index in [9.17, 15) is 9.59 Å². The zero-order valence-corrected chi connectivity index (χ0v) is 23.8. The topological polar surface area (TPSA) is 89.5 Å². The highest BCUT2D eigenvalue weighted by atomic mass is 16.7. The monoisotopic (exact) mass is 568 g/mol. The predicted octanol–water partition coefficient (Wildman–Crippen LogP) is 6.08. The first-order valence-corrected chi connectivity index (χ1v) is 14.0. The molecule has 3 atom stereocenters. The summed E-state index contributed by atoms with van der Waals surface area (Å²) >= 11 is 0. The Morgan fingerprint density at radius 2 is 1.57 bits per heavy atom. The fourth-order valence-electron chi connectivity index (χ4n) is 6.03. The maximum atomic E-state index is 13.2. The zero-order valence-electron chi connectivity index (χ0n) is 23.8. The fourth-order valence-corrected chi connectivity index (χ4v) is 6.03. The van der Waals surface area contributed by atoms with Gasteiger partial charge in [0, 0.05) is 17.0 Å². The zero-order chi connectivity index (χ0) is 29.2. The van der Waals surface area contributed by atoms with Gasteiger partial charge in [0.15, 0.2) is 11.5 Å². The first-order chi connectivity index (χ1) is 20.5. The van der Waals surface area contributed by atoms with Crippen molar-refractivity contribution >= 4 is 22.7 Å². The molecule has 8 nitrogen and oxygen atoms in total. The van der Waals surface area contributed by atoms with Gasteiger partial charge in [-0.05, 0) is 59.5 Å². The Morgan fingerprint density at radius 3 is 2.31 bits per heavy atom. The van der Waals surface area contributed by atoms with Gasteiger partial charge in [0.05, 0.1) is 32.3 Å². The molecule has 1 fully saturated rings. The molecule has 0 N–H and O–H groups in total. The number of hydrogen-bond donors (Lipinski definition) is 0. The molecule has 2 heterocycles. The SMILES string of the molecule is CCc1c(OC)cccc1OC.O=C(OC1c2cc3c(cc2C[C@H]2C(=O)OCC12)OCO3)c1cccc2ccccc12. The highest BCUT2D eigenvalue weighted by Crippen LogP contribution is 2.48. The lowest BCUT2D eigenvalue weighted by Crippen LogP contribution is -2.33. The first-order valence-electron chi connectivity index (χ1n) is 14.0. The van der Waals surface area contributed by atoms with Crippen molar-refractivity contribution in [2.24, 2.45) is 11.8 Å². The number of methoxy groups -OCH3 is 2. The predicted molar refractivity (Wildman–Crippen MR) is 155 cm³/mol. The Hall–Kier alpha value is -4.72. The van der Waals surface area contributed by atoms with Crippen LogP contribution in [0.3, 0.4) is 0 Å². The first kappa shape index (κ1) is 27.4. The molecule has 0 radical (unpaired) electrons. The van der Waals surface area contributed by atoms with Gasteiger partial charge in [-0.3, -0.25) is 4.79 Å². The number of fused-ring (bicyclic) bond motifs is 4. The van der Waals surface area contributed by atoms with Gasteiger partial charge in [0.2, 0.25) is 6.79 Å². The molecule has 0 saturated carbocycles. The Bertz CT molecular complexity index is 1620. The van der Waals surface area contributed by atoms with Crippen molar-refractivity contribution in [3.8, 4) is 23.0 Å². The highest BCUT2D eigenvalue weighted by Gasteiger charge is 2.48. The number of esters is 2. The van der Waals surface area contributed by atoms with E-state index in [-0.39, 0.29) is 31.2 Å². The minimum Gasteiger partial charge on any atom is -0.496 e. The Morgan fingerprint density at radius 1 is 0.881 bits per heavy atom. The summed E-state index contributed by atoms with van der Waals surface area (Å²) in [4.78, 5) is 25.5. The van der Waals surface area contributed by atoms with E-state index in [1.54, 1.807) is 20.3 Å². The third-order valence-corrected chi connectivity index (χ3v) is 8.13. The fraction of sp³-hybridized carbons (Fsp3) is 0.294. The average Bonchev–Trinajstić information content (AvgIpc) is 3.65. The molecule has 4 aromatic carbocycles. The van der Waals surface area contributed by atoms with Gasteiger partial charge >= 0.3 is 11.9 Å². The van der Waals surface area contributed by atoms with Gasteiger partial charge in [0.1, 0.15) is 17.6 Å². The number of ether oxygens (including phenoxy) is 6. The quantitative estimate of drug-likeness (QED) is 0.268. The molecule has 216 valence electrons. The number of benzene rings is 4. The minimum atomic E-state index is -0.592. The highest BCUT2D eigenvalue weighted by molar-refractivity contribution is 6.04. The van der Waals surface area contributed by atoms with Gasteiger partial charge in [0.25, 0.3) is 0 Å². The molecule has 0 amide bonds. The summed E-state index contributed by atoms with van der Waals surface area (Å²) in [5.74, 6) is 1.87.